The molecule has 0 heterocycles. The summed E-state index contributed by atoms with van der Waals surface area (Å²) in [5, 5.41) is 3.44. The summed E-state index contributed by atoms with van der Waals surface area (Å²) in [5.41, 5.74) is 7.79. The number of carbonyl (C=O) groups is 1. The van der Waals surface area contributed by atoms with Crippen molar-refractivity contribution in [2.75, 3.05) is 0 Å². The number of hydrogen-bond donors (Lipinski definition) is 2. The third kappa shape index (κ3) is 2.03. The highest BCUT2D eigenvalue weighted by atomic mass is 16.1. The minimum Gasteiger partial charge on any atom is -0.368 e. The van der Waals surface area contributed by atoms with E-state index in [2.05, 4.69) is 36.5 Å². The minimum absolute atomic E-state index is 0.179. The molecule has 0 spiro atoms. The third-order valence-electron chi connectivity index (χ3n) is 4.39. The zero-order valence-electron chi connectivity index (χ0n) is 10.8. The van der Waals surface area contributed by atoms with Crippen molar-refractivity contribution in [2.24, 2.45) is 5.73 Å². The number of benzene rings is 1. The molecule has 0 bridgehead atoms. The Hall–Kier alpha value is -1.35. The monoisotopic (exact) mass is 244 g/mol. The van der Waals surface area contributed by atoms with Crippen molar-refractivity contribution in [3.63, 3.8) is 0 Å². The zero-order valence-corrected chi connectivity index (χ0v) is 10.8. The van der Waals surface area contributed by atoms with Crippen LogP contribution < -0.4 is 11.1 Å². The standard InChI is InChI=1S/C15H20N2O/c1-10-2-4-11(5-3-10)12-8-13(9-12)17-15(6-7-15)14(16)18/h2-5,12-13,17H,6-9H2,1H3,(H2,16,18). The Morgan fingerprint density at radius 1 is 1.28 bits per heavy atom. The zero-order chi connectivity index (χ0) is 12.8. The van der Waals surface area contributed by atoms with Gasteiger partial charge in [-0.15, -0.1) is 0 Å². The predicted octanol–water partition coefficient (Wildman–Crippen LogP) is 1.85. The van der Waals surface area contributed by atoms with Crippen LogP contribution in [0, 0.1) is 6.92 Å². The van der Waals surface area contributed by atoms with E-state index in [0.29, 0.717) is 12.0 Å². The summed E-state index contributed by atoms with van der Waals surface area (Å²) in [6, 6.07) is 9.24. The van der Waals surface area contributed by atoms with Crippen molar-refractivity contribution in [3.05, 3.63) is 35.4 Å². The largest absolute Gasteiger partial charge is 0.368 e. The van der Waals surface area contributed by atoms with Gasteiger partial charge in [-0.05, 0) is 44.1 Å². The van der Waals surface area contributed by atoms with Crippen molar-refractivity contribution >= 4 is 5.91 Å². The van der Waals surface area contributed by atoms with Gasteiger partial charge in [0.25, 0.3) is 0 Å². The minimum atomic E-state index is -0.358. The van der Waals surface area contributed by atoms with Gasteiger partial charge in [0.15, 0.2) is 0 Å². The molecule has 2 saturated carbocycles. The Kier molecular flexibility index (Phi) is 2.67. The summed E-state index contributed by atoms with van der Waals surface area (Å²) in [6.07, 6.45) is 4.07. The second-order valence-corrected chi connectivity index (χ2v) is 5.87. The molecule has 0 saturated heterocycles. The first-order chi connectivity index (χ1) is 8.59. The average Bonchev–Trinajstić information content (AvgIpc) is 3.06. The maximum atomic E-state index is 11.3. The van der Waals surface area contributed by atoms with Crippen molar-refractivity contribution in [1.82, 2.24) is 5.32 Å². The fraction of sp³-hybridized carbons (Fsp3) is 0.533. The van der Waals surface area contributed by atoms with Crippen LogP contribution in [0.3, 0.4) is 0 Å². The first-order valence-corrected chi connectivity index (χ1v) is 6.73. The smallest absolute Gasteiger partial charge is 0.237 e. The van der Waals surface area contributed by atoms with Crippen LogP contribution in [0.4, 0.5) is 0 Å². The second kappa shape index (κ2) is 4.09. The van der Waals surface area contributed by atoms with Crippen LogP contribution in [-0.2, 0) is 4.79 Å². The SMILES string of the molecule is Cc1ccc(C2CC(NC3(C(N)=O)CC3)C2)cc1. The number of amides is 1. The maximum Gasteiger partial charge on any atom is 0.237 e. The highest BCUT2D eigenvalue weighted by molar-refractivity contribution is 5.87. The highest BCUT2D eigenvalue weighted by Crippen LogP contribution is 2.42. The van der Waals surface area contributed by atoms with Gasteiger partial charge in [0.1, 0.15) is 0 Å². The van der Waals surface area contributed by atoms with Crippen LogP contribution in [0.1, 0.15) is 42.7 Å². The first kappa shape index (κ1) is 11.7. The number of aryl methyl sites for hydroxylation is 1. The van der Waals surface area contributed by atoms with E-state index in [4.69, 9.17) is 5.73 Å². The van der Waals surface area contributed by atoms with E-state index < -0.39 is 0 Å². The average molecular weight is 244 g/mol. The van der Waals surface area contributed by atoms with Gasteiger partial charge in [-0.25, -0.2) is 0 Å². The van der Waals surface area contributed by atoms with Crippen LogP contribution in [0.2, 0.25) is 0 Å². The molecule has 1 aromatic carbocycles. The molecule has 0 atom stereocenters. The van der Waals surface area contributed by atoms with Gasteiger partial charge in [-0.1, -0.05) is 29.8 Å². The second-order valence-electron chi connectivity index (χ2n) is 5.87. The molecule has 2 aliphatic carbocycles. The number of rotatable bonds is 4. The quantitative estimate of drug-likeness (QED) is 0.849. The summed E-state index contributed by atoms with van der Waals surface area (Å²) in [6.45, 7) is 2.11. The molecule has 2 aliphatic rings. The first-order valence-electron chi connectivity index (χ1n) is 6.73. The summed E-state index contributed by atoms with van der Waals surface area (Å²) in [4.78, 5) is 11.3. The van der Waals surface area contributed by atoms with Gasteiger partial charge in [0, 0.05) is 6.04 Å². The highest BCUT2D eigenvalue weighted by Gasteiger charge is 2.51. The van der Waals surface area contributed by atoms with Gasteiger partial charge in [-0.3, -0.25) is 4.79 Å². The van der Waals surface area contributed by atoms with E-state index in [9.17, 15) is 4.79 Å². The lowest BCUT2D eigenvalue weighted by molar-refractivity contribution is -0.121. The fourth-order valence-corrected chi connectivity index (χ4v) is 2.82. The van der Waals surface area contributed by atoms with E-state index in [1.807, 2.05) is 0 Å². The van der Waals surface area contributed by atoms with Crippen LogP contribution in [0.5, 0.6) is 0 Å². The summed E-state index contributed by atoms with van der Waals surface area (Å²) >= 11 is 0. The molecular weight excluding hydrogens is 224 g/mol. The van der Waals surface area contributed by atoms with Crippen molar-refractivity contribution < 1.29 is 4.79 Å². The summed E-state index contributed by atoms with van der Waals surface area (Å²) < 4.78 is 0. The van der Waals surface area contributed by atoms with E-state index in [1.165, 1.54) is 11.1 Å². The molecule has 3 nitrogen and oxygen atoms in total. The van der Waals surface area contributed by atoms with E-state index in [1.54, 1.807) is 0 Å². The van der Waals surface area contributed by atoms with Gasteiger partial charge in [0.2, 0.25) is 5.91 Å². The molecule has 18 heavy (non-hydrogen) atoms. The van der Waals surface area contributed by atoms with E-state index in [-0.39, 0.29) is 11.4 Å². The normalized spacial score (nSPS) is 28.5. The molecule has 1 amide bonds. The van der Waals surface area contributed by atoms with Crippen LogP contribution in [0.15, 0.2) is 24.3 Å². The van der Waals surface area contributed by atoms with Gasteiger partial charge < -0.3 is 11.1 Å². The van der Waals surface area contributed by atoms with Crippen LogP contribution in [0.25, 0.3) is 0 Å². The molecule has 2 fully saturated rings. The lowest BCUT2D eigenvalue weighted by Gasteiger charge is -2.38. The molecule has 3 N–H and O–H groups in total. The number of primary amides is 1. The van der Waals surface area contributed by atoms with Crippen molar-refractivity contribution in [1.29, 1.82) is 0 Å². The molecule has 0 radical (unpaired) electrons. The Morgan fingerprint density at radius 3 is 2.39 bits per heavy atom. The molecule has 0 aliphatic heterocycles. The molecule has 0 unspecified atom stereocenters. The molecule has 3 rings (SSSR count). The number of hydrogen-bond acceptors (Lipinski definition) is 2. The van der Waals surface area contributed by atoms with Gasteiger partial charge in [0.05, 0.1) is 5.54 Å². The Balaban J connectivity index is 1.54. The van der Waals surface area contributed by atoms with Crippen LogP contribution in [-0.4, -0.2) is 17.5 Å². The number of nitrogens with one attached hydrogen (secondary N) is 1. The lowest BCUT2D eigenvalue weighted by Crippen LogP contribution is -2.52. The van der Waals surface area contributed by atoms with Crippen molar-refractivity contribution in [3.8, 4) is 0 Å². The van der Waals surface area contributed by atoms with Gasteiger partial charge >= 0.3 is 0 Å². The molecule has 96 valence electrons. The van der Waals surface area contributed by atoms with E-state index >= 15 is 0 Å². The third-order valence-corrected chi connectivity index (χ3v) is 4.39. The summed E-state index contributed by atoms with van der Waals surface area (Å²) in [5.74, 6) is 0.466. The molecule has 3 heteroatoms. The predicted molar refractivity (Wildman–Crippen MR) is 71.2 cm³/mol. The number of nitrogens with two attached hydrogens (primary N) is 1. The van der Waals surface area contributed by atoms with Crippen LogP contribution >= 0.6 is 0 Å². The fourth-order valence-electron chi connectivity index (χ4n) is 2.82. The molecular formula is C15H20N2O. The molecule has 0 aromatic heterocycles. The Labute approximate surface area is 108 Å². The van der Waals surface area contributed by atoms with Gasteiger partial charge in [-0.2, -0.15) is 0 Å². The maximum absolute atomic E-state index is 11.3. The summed E-state index contributed by atoms with van der Waals surface area (Å²) in [7, 11) is 0. The van der Waals surface area contributed by atoms with E-state index in [0.717, 1.165) is 25.7 Å². The topological polar surface area (TPSA) is 55.1 Å². The number of carbonyl (C=O) groups excluding carboxylic acids is 1. The Bertz CT molecular complexity index is 456. The molecule has 1 aromatic rings. The Morgan fingerprint density at radius 2 is 1.89 bits per heavy atom. The lowest BCUT2D eigenvalue weighted by atomic mass is 9.75. The van der Waals surface area contributed by atoms with Crippen molar-refractivity contribution in [2.45, 2.75) is 50.1 Å².